The lowest BCUT2D eigenvalue weighted by molar-refractivity contribution is 0.141. The zero-order valence-electron chi connectivity index (χ0n) is 11.6. The summed E-state index contributed by atoms with van der Waals surface area (Å²) in [6.45, 7) is 0. The van der Waals surface area contributed by atoms with Crippen molar-refractivity contribution < 1.29 is 14.6 Å². The Labute approximate surface area is 114 Å². The Bertz CT molecular complexity index is 445. The maximum atomic E-state index is 10.6. The van der Waals surface area contributed by atoms with Crippen LogP contribution in [0.1, 0.15) is 37.4 Å². The molecule has 0 spiro atoms. The van der Waals surface area contributed by atoms with Crippen LogP contribution in [0, 0.1) is 17.8 Å². The molecule has 1 aromatic rings. The van der Waals surface area contributed by atoms with E-state index in [1.807, 2.05) is 18.2 Å². The molecule has 19 heavy (non-hydrogen) atoms. The van der Waals surface area contributed by atoms with Gasteiger partial charge in [0.25, 0.3) is 0 Å². The van der Waals surface area contributed by atoms with Gasteiger partial charge in [0.05, 0.1) is 20.3 Å². The zero-order chi connectivity index (χ0) is 13.4. The van der Waals surface area contributed by atoms with Crippen LogP contribution in [0.5, 0.6) is 11.5 Å². The van der Waals surface area contributed by atoms with E-state index in [1.165, 1.54) is 25.7 Å². The van der Waals surface area contributed by atoms with Crippen LogP contribution in [-0.4, -0.2) is 19.3 Å². The Hall–Kier alpha value is -1.22. The highest BCUT2D eigenvalue weighted by Crippen LogP contribution is 2.60. The molecule has 0 bridgehead atoms. The van der Waals surface area contributed by atoms with Crippen LogP contribution in [0.4, 0.5) is 0 Å². The predicted molar refractivity (Wildman–Crippen MR) is 73.4 cm³/mol. The Morgan fingerprint density at radius 2 is 1.68 bits per heavy atom. The number of aliphatic hydroxyl groups excluding tert-OH is 1. The van der Waals surface area contributed by atoms with E-state index in [4.69, 9.17) is 9.47 Å². The molecule has 2 saturated carbocycles. The third-order valence-corrected chi connectivity index (χ3v) is 4.84. The van der Waals surface area contributed by atoms with E-state index in [0.29, 0.717) is 17.4 Å². The first-order valence-electron chi connectivity index (χ1n) is 7.16. The van der Waals surface area contributed by atoms with Crippen molar-refractivity contribution in [2.75, 3.05) is 14.2 Å². The van der Waals surface area contributed by atoms with Gasteiger partial charge in [0.2, 0.25) is 0 Å². The molecule has 2 fully saturated rings. The standard InChI is InChI=1S/C16H22O3/c1-18-13-8-7-10(9-14(13)19-2)16(17)15-11-5-3-4-6-12(11)15/h7-9,11-12,15-17H,3-6H2,1-2H3. The minimum atomic E-state index is -0.354. The lowest BCUT2D eigenvalue weighted by Gasteiger charge is -2.14. The Morgan fingerprint density at radius 1 is 1.05 bits per heavy atom. The van der Waals surface area contributed by atoms with E-state index in [0.717, 1.165) is 17.4 Å². The van der Waals surface area contributed by atoms with Crippen LogP contribution in [0.25, 0.3) is 0 Å². The molecule has 2 aliphatic rings. The highest BCUT2D eigenvalue weighted by atomic mass is 16.5. The fraction of sp³-hybridized carbons (Fsp3) is 0.625. The van der Waals surface area contributed by atoms with E-state index in [1.54, 1.807) is 14.2 Å². The summed E-state index contributed by atoms with van der Waals surface area (Å²) in [5, 5.41) is 10.6. The number of ether oxygens (including phenoxy) is 2. The summed E-state index contributed by atoms with van der Waals surface area (Å²) in [6, 6.07) is 5.74. The first kappa shape index (κ1) is 12.8. The maximum Gasteiger partial charge on any atom is 0.161 e. The molecule has 3 heteroatoms. The average molecular weight is 262 g/mol. The summed E-state index contributed by atoms with van der Waals surface area (Å²) >= 11 is 0. The summed E-state index contributed by atoms with van der Waals surface area (Å²) < 4.78 is 10.5. The third kappa shape index (κ3) is 2.20. The second-order valence-electron chi connectivity index (χ2n) is 5.75. The van der Waals surface area contributed by atoms with Gasteiger partial charge in [0, 0.05) is 0 Å². The lowest BCUT2D eigenvalue weighted by atomic mass is 10.0. The number of hydrogen-bond donors (Lipinski definition) is 1. The van der Waals surface area contributed by atoms with Gasteiger partial charge in [0.1, 0.15) is 0 Å². The van der Waals surface area contributed by atoms with Gasteiger partial charge in [-0.2, -0.15) is 0 Å². The quantitative estimate of drug-likeness (QED) is 0.905. The van der Waals surface area contributed by atoms with E-state index in [2.05, 4.69) is 0 Å². The molecule has 3 atom stereocenters. The molecule has 0 radical (unpaired) electrons. The van der Waals surface area contributed by atoms with Crippen LogP contribution < -0.4 is 9.47 Å². The predicted octanol–water partition coefficient (Wildman–Crippen LogP) is 3.17. The second kappa shape index (κ2) is 5.04. The third-order valence-electron chi connectivity index (χ3n) is 4.84. The number of fused-ring (bicyclic) bond motifs is 1. The largest absolute Gasteiger partial charge is 0.493 e. The maximum absolute atomic E-state index is 10.6. The zero-order valence-corrected chi connectivity index (χ0v) is 11.6. The van der Waals surface area contributed by atoms with Crippen molar-refractivity contribution in [1.82, 2.24) is 0 Å². The van der Waals surface area contributed by atoms with E-state index in [-0.39, 0.29) is 6.10 Å². The van der Waals surface area contributed by atoms with Crippen molar-refractivity contribution in [3.05, 3.63) is 23.8 Å². The Kier molecular flexibility index (Phi) is 3.40. The highest BCUT2D eigenvalue weighted by Gasteiger charge is 2.54. The fourth-order valence-electron chi connectivity index (χ4n) is 3.78. The molecule has 0 amide bonds. The monoisotopic (exact) mass is 262 g/mol. The molecule has 0 aliphatic heterocycles. The van der Waals surface area contributed by atoms with Crippen LogP contribution in [0.15, 0.2) is 18.2 Å². The normalized spacial score (nSPS) is 30.4. The van der Waals surface area contributed by atoms with E-state index < -0.39 is 0 Å². The minimum Gasteiger partial charge on any atom is -0.493 e. The van der Waals surface area contributed by atoms with Gasteiger partial charge in [-0.05, 0) is 48.3 Å². The summed E-state index contributed by atoms with van der Waals surface area (Å²) in [4.78, 5) is 0. The summed E-state index contributed by atoms with van der Waals surface area (Å²) in [5.74, 6) is 3.36. The van der Waals surface area contributed by atoms with Crippen LogP contribution in [0.3, 0.4) is 0 Å². The van der Waals surface area contributed by atoms with Crippen molar-refractivity contribution in [2.45, 2.75) is 31.8 Å². The second-order valence-corrected chi connectivity index (χ2v) is 5.75. The van der Waals surface area contributed by atoms with Crippen molar-refractivity contribution in [2.24, 2.45) is 17.8 Å². The molecule has 2 aliphatic carbocycles. The van der Waals surface area contributed by atoms with Crippen molar-refractivity contribution >= 4 is 0 Å². The average Bonchev–Trinajstić information content (AvgIpc) is 3.20. The molecule has 3 rings (SSSR count). The van der Waals surface area contributed by atoms with E-state index in [9.17, 15) is 5.11 Å². The molecule has 104 valence electrons. The Balaban J connectivity index is 1.78. The first-order valence-corrected chi connectivity index (χ1v) is 7.16. The summed E-state index contributed by atoms with van der Waals surface area (Å²) in [6.07, 6.45) is 4.89. The summed E-state index contributed by atoms with van der Waals surface area (Å²) in [5.41, 5.74) is 0.956. The van der Waals surface area contributed by atoms with Gasteiger partial charge in [-0.15, -0.1) is 0 Å². The molecule has 0 heterocycles. The number of hydrogen-bond acceptors (Lipinski definition) is 3. The number of methoxy groups -OCH3 is 2. The minimum absolute atomic E-state index is 0.354. The SMILES string of the molecule is COc1ccc(C(O)C2C3CCCCC32)cc1OC. The molecule has 0 aromatic heterocycles. The van der Waals surface area contributed by atoms with Crippen molar-refractivity contribution in [3.8, 4) is 11.5 Å². The van der Waals surface area contributed by atoms with Crippen molar-refractivity contribution in [3.63, 3.8) is 0 Å². The van der Waals surface area contributed by atoms with Gasteiger partial charge < -0.3 is 14.6 Å². The highest BCUT2D eigenvalue weighted by molar-refractivity contribution is 5.44. The number of rotatable bonds is 4. The molecular weight excluding hydrogens is 240 g/mol. The smallest absolute Gasteiger partial charge is 0.161 e. The first-order chi connectivity index (χ1) is 9.26. The van der Waals surface area contributed by atoms with Crippen LogP contribution in [0.2, 0.25) is 0 Å². The lowest BCUT2D eigenvalue weighted by Crippen LogP contribution is -2.03. The molecule has 0 saturated heterocycles. The molecule has 3 unspecified atom stereocenters. The van der Waals surface area contributed by atoms with Gasteiger partial charge in [-0.3, -0.25) is 0 Å². The van der Waals surface area contributed by atoms with Gasteiger partial charge in [-0.25, -0.2) is 0 Å². The van der Waals surface area contributed by atoms with Crippen LogP contribution >= 0.6 is 0 Å². The Morgan fingerprint density at radius 3 is 2.26 bits per heavy atom. The molecule has 1 N–H and O–H groups in total. The van der Waals surface area contributed by atoms with Crippen molar-refractivity contribution in [1.29, 1.82) is 0 Å². The van der Waals surface area contributed by atoms with Gasteiger partial charge >= 0.3 is 0 Å². The molecule has 3 nitrogen and oxygen atoms in total. The number of benzene rings is 1. The number of aliphatic hydroxyl groups is 1. The molecular formula is C16H22O3. The molecule has 1 aromatic carbocycles. The van der Waals surface area contributed by atoms with Crippen LogP contribution in [-0.2, 0) is 0 Å². The van der Waals surface area contributed by atoms with Gasteiger partial charge in [0.15, 0.2) is 11.5 Å². The fourth-order valence-corrected chi connectivity index (χ4v) is 3.78. The van der Waals surface area contributed by atoms with E-state index >= 15 is 0 Å². The topological polar surface area (TPSA) is 38.7 Å². The summed E-state index contributed by atoms with van der Waals surface area (Å²) in [7, 11) is 3.26. The van der Waals surface area contributed by atoms with Gasteiger partial charge in [-0.1, -0.05) is 18.9 Å².